The monoisotopic (exact) mass is 296 g/mol. The molecule has 1 aromatic heterocycles. The standard InChI is InChI=1S/C18H17ClN2/c1-2-21-18(14-6-3-7-15(19)11-14)16-8-4-5-13-9-10-20-12-17(13)16/h3-12,18,21H,2H2,1H3. The van der Waals surface area contributed by atoms with E-state index in [0.717, 1.165) is 11.6 Å². The van der Waals surface area contributed by atoms with Crippen molar-refractivity contribution in [3.8, 4) is 0 Å². The van der Waals surface area contributed by atoms with Gasteiger partial charge in [-0.3, -0.25) is 4.98 Å². The topological polar surface area (TPSA) is 24.9 Å². The van der Waals surface area contributed by atoms with E-state index in [1.165, 1.54) is 21.9 Å². The van der Waals surface area contributed by atoms with Crippen LogP contribution in [0, 0.1) is 0 Å². The molecule has 0 saturated heterocycles. The molecule has 1 atom stereocenters. The summed E-state index contributed by atoms with van der Waals surface area (Å²) in [5.41, 5.74) is 2.39. The van der Waals surface area contributed by atoms with E-state index in [-0.39, 0.29) is 6.04 Å². The molecule has 0 spiro atoms. The number of aromatic nitrogens is 1. The van der Waals surface area contributed by atoms with Crippen LogP contribution in [0.15, 0.2) is 60.9 Å². The highest BCUT2D eigenvalue weighted by Gasteiger charge is 2.15. The number of halogens is 1. The molecule has 1 unspecified atom stereocenters. The molecule has 0 bridgehead atoms. The van der Waals surface area contributed by atoms with Gasteiger partial charge in [0, 0.05) is 22.8 Å². The molecule has 1 heterocycles. The first kappa shape index (κ1) is 14.1. The minimum Gasteiger partial charge on any atom is -0.307 e. The van der Waals surface area contributed by atoms with Crippen molar-refractivity contribution in [1.29, 1.82) is 0 Å². The third-order valence-corrected chi connectivity index (χ3v) is 3.85. The zero-order valence-corrected chi connectivity index (χ0v) is 12.6. The van der Waals surface area contributed by atoms with Gasteiger partial charge in [-0.05, 0) is 41.3 Å². The number of rotatable bonds is 4. The maximum atomic E-state index is 6.15. The lowest BCUT2D eigenvalue weighted by atomic mass is 9.94. The highest BCUT2D eigenvalue weighted by atomic mass is 35.5. The second-order valence-corrected chi connectivity index (χ2v) is 5.43. The number of nitrogens with zero attached hydrogens (tertiary/aromatic N) is 1. The smallest absolute Gasteiger partial charge is 0.0583 e. The van der Waals surface area contributed by atoms with Crippen molar-refractivity contribution in [3.63, 3.8) is 0 Å². The van der Waals surface area contributed by atoms with Crippen LogP contribution in [0.1, 0.15) is 24.1 Å². The van der Waals surface area contributed by atoms with Crippen molar-refractivity contribution in [3.05, 3.63) is 77.1 Å². The molecule has 0 aliphatic heterocycles. The van der Waals surface area contributed by atoms with Crippen LogP contribution in [0.5, 0.6) is 0 Å². The van der Waals surface area contributed by atoms with Crippen molar-refractivity contribution < 1.29 is 0 Å². The third-order valence-electron chi connectivity index (χ3n) is 3.62. The van der Waals surface area contributed by atoms with Gasteiger partial charge in [0.1, 0.15) is 0 Å². The van der Waals surface area contributed by atoms with Gasteiger partial charge in [-0.25, -0.2) is 0 Å². The van der Waals surface area contributed by atoms with Crippen molar-refractivity contribution >= 4 is 22.4 Å². The van der Waals surface area contributed by atoms with Crippen molar-refractivity contribution in [2.45, 2.75) is 13.0 Å². The van der Waals surface area contributed by atoms with Crippen LogP contribution in [0.2, 0.25) is 5.02 Å². The van der Waals surface area contributed by atoms with E-state index >= 15 is 0 Å². The van der Waals surface area contributed by atoms with Gasteiger partial charge in [0.25, 0.3) is 0 Å². The Morgan fingerprint density at radius 1 is 1.14 bits per heavy atom. The van der Waals surface area contributed by atoms with Crippen LogP contribution >= 0.6 is 11.6 Å². The molecule has 0 saturated carbocycles. The number of hydrogen-bond donors (Lipinski definition) is 1. The zero-order valence-electron chi connectivity index (χ0n) is 11.9. The highest BCUT2D eigenvalue weighted by molar-refractivity contribution is 6.30. The Labute approximate surface area is 129 Å². The maximum Gasteiger partial charge on any atom is 0.0583 e. The molecule has 3 heteroatoms. The fourth-order valence-corrected chi connectivity index (χ4v) is 2.89. The summed E-state index contributed by atoms with van der Waals surface area (Å²) in [5.74, 6) is 0. The largest absolute Gasteiger partial charge is 0.307 e. The number of fused-ring (bicyclic) bond motifs is 1. The molecule has 21 heavy (non-hydrogen) atoms. The number of nitrogens with one attached hydrogen (secondary N) is 1. The summed E-state index contributed by atoms with van der Waals surface area (Å²) in [6, 6.07) is 16.5. The molecule has 2 nitrogen and oxygen atoms in total. The normalized spacial score (nSPS) is 12.5. The molecule has 3 aromatic rings. The predicted octanol–water partition coefficient (Wildman–Crippen LogP) is 4.59. The van der Waals surface area contributed by atoms with E-state index in [9.17, 15) is 0 Å². The van der Waals surface area contributed by atoms with E-state index < -0.39 is 0 Å². The van der Waals surface area contributed by atoms with Gasteiger partial charge < -0.3 is 5.32 Å². The first-order chi connectivity index (χ1) is 10.3. The molecule has 0 fully saturated rings. The Kier molecular flexibility index (Phi) is 4.18. The van der Waals surface area contributed by atoms with Gasteiger partial charge >= 0.3 is 0 Å². The van der Waals surface area contributed by atoms with Crippen LogP contribution in [-0.2, 0) is 0 Å². The highest BCUT2D eigenvalue weighted by Crippen LogP contribution is 2.29. The van der Waals surface area contributed by atoms with Crippen LogP contribution in [0.4, 0.5) is 0 Å². The molecule has 3 rings (SSSR count). The SMILES string of the molecule is CCNC(c1cccc(Cl)c1)c1cccc2ccncc12. The third kappa shape index (κ3) is 2.92. The van der Waals surface area contributed by atoms with E-state index in [2.05, 4.69) is 41.5 Å². The van der Waals surface area contributed by atoms with E-state index in [1.54, 1.807) is 0 Å². The summed E-state index contributed by atoms with van der Waals surface area (Å²) in [5, 5.41) is 6.68. The fraction of sp³-hybridized carbons (Fsp3) is 0.167. The zero-order chi connectivity index (χ0) is 14.7. The number of pyridine rings is 1. The summed E-state index contributed by atoms with van der Waals surface area (Å²) >= 11 is 6.15. The Morgan fingerprint density at radius 2 is 2.00 bits per heavy atom. The van der Waals surface area contributed by atoms with E-state index in [4.69, 9.17) is 11.6 Å². The van der Waals surface area contributed by atoms with Crippen LogP contribution < -0.4 is 5.32 Å². The molecule has 0 amide bonds. The van der Waals surface area contributed by atoms with Gasteiger partial charge in [-0.1, -0.05) is 48.9 Å². The minimum absolute atomic E-state index is 0.113. The van der Waals surface area contributed by atoms with Gasteiger partial charge in [0.2, 0.25) is 0 Å². The lowest BCUT2D eigenvalue weighted by Crippen LogP contribution is -2.22. The summed E-state index contributed by atoms with van der Waals surface area (Å²) < 4.78 is 0. The average molecular weight is 297 g/mol. The van der Waals surface area contributed by atoms with Gasteiger partial charge in [-0.2, -0.15) is 0 Å². The van der Waals surface area contributed by atoms with Gasteiger partial charge in [-0.15, -0.1) is 0 Å². The van der Waals surface area contributed by atoms with Crippen LogP contribution in [0.25, 0.3) is 10.8 Å². The van der Waals surface area contributed by atoms with Gasteiger partial charge in [0.05, 0.1) is 6.04 Å². The van der Waals surface area contributed by atoms with Crippen molar-refractivity contribution in [2.75, 3.05) is 6.54 Å². The Hall–Kier alpha value is -1.90. The van der Waals surface area contributed by atoms with Gasteiger partial charge in [0.15, 0.2) is 0 Å². The first-order valence-electron chi connectivity index (χ1n) is 7.11. The molecule has 0 aliphatic rings. The second kappa shape index (κ2) is 6.25. The minimum atomic E-state index is 0.113. The maximum absolute atomic E-state index is 6.15. The van der Waals surface area contributed by atoms with Crippen molar-refractivity contribution in [2.24, 2.45) is 0 Å². The Morgan fingerprint density at radius 3 is 2.81 bits per heavy atom. The number of benzene rings is 2. The Balaban J connectivity index is 2.16. The quantitative estimate of drug-likeness (QED) is 0.762. The summed E-state index contributed by atoms with van der Waals surface area (Å²) in [6.07, 6.45) is 3.76. The lowest BCUT2D eigenvalue weighted by Gasteiger charge is -2.21. The second-order valence-electron chi connectivity index (χ2n) is 4.99. The molecular formula is C18H17ClN2. The fourth-order valence-electron chi connectivity index (χ4n) is 2.69. The number of hydrogen-bond acceptors (Lipinski definition) is 2. The summed E-state index contributed by atoms with van der Waals surface area (Å²) in [4.78, 5) is 4.27. The molecule has 0 aliphatic carbocycles. The Bertz CT molecular complexity index is 750. The van der Waals surface area contributed by atoms with Crippen LogP contribution in [-0.4, -0.2) is 11.5 Å². The average Bonchev–Trinajstić information content (AvgIpc) is 2.52. The molecule has 0 radical (unpaired) electrons. The lowest BCUT2D eigenvalue weighted by molar-refractivity contribution is 0.634. The van der Waals surface area contributed by atoms with E-state index in [0.29, 0.717) is 0 Å². The summed E-state index contributed by atoms with van der Waals surface area (Å²) in [6.45, 7) is 2.99. The van der Waals surface area contributed by atoms with E-state index in [1.807, 2.05) is 36.7 Å². The summed E-state index contributed by atoms with van der Waals surface area (Å²) in [7, 11) is 0. The molecule has 1 N–H and O–H groups in total. The molecule has 2 aromatic carbocycles. The van der Waals surface area contributed by atoms with Crippen molar-refractivity contribution in [1.82, 2.24) is 10.3 Å². The first-order valence-corrected chi connectivity index (χ1v) is 7.49. The molecular weight excluding hydrogens is 280 g/mol. The van der Waals surface area contributed by atoms with Crippen LogP contribution in [0.3, 0.4) is 0 Å². The predicted molar refractivity (Wildman–Crippen MR) is 88.7 cm³/mol. The molecule has 106 valence electrons.